The second-order valence-electron chi connectivity index (χ2n) is 4.95. The van der Waals surface area contributed by atoms with Gasteiger partial charge in [0.15, 0.2) is 0 Å². The highest BCUT2D eigenvalue weighted by Gasteiger charge is 2.28. The summed E-state index contributed by atoms with van der Waals surface area (Å²) in [6.45, 7) is 5.07. The van der Waals surface area contributed by atoms with Crippen molar-refractivity contribution in [2.24, 2.45) is 0 Å². The Hall–Kier alpha value is -0.190. The molecule has 1 aliphatic heterocycles. The van der Waals surface area contributed by atoms with E-state index < -0.39 is 10.0 Å². The Labute approximate surface area is 149 Å². The first-order valence-corrected chi connectivity index (χ1v) is 9.68. The maximum atomic E-state index is 12.2. The fourth-order valence-corrected chi connectivity index (χ4v) is 5.21. The van der Waals surface area contributed by atoms with Crippen molar-refractivity contribution in [3.05, 3.63) is 15.9 Å². The molecule has 1 fully saturated rings. The number of rotatable bonds is 4. The standard InChI is InChI=1S/C12H18BrN3O3S2.ClH/c1-8-9(2)16(6-5-14-8)11(17)7-15-21(18,19)12-4-3-10(13)20-12;/h3-4,8-9,14-15H,5-7H2,1-2H3;1H. The van der Waals surface area contributed by atoms with Crippen LogP contribution in [0.1, 0.15) is 13.8 Å². The molecular formula is C12H19BrClN3O3S2. The summed E-state index contributed by atoms with van der Waals surface area (Å²) >= 11 is 4.34. The molecule has 2 atom stereocenters. The molecule has 2 heterocycles. The van der Waals surface area contributed by atoms with Crippen LogP contribution >= 0.6 is 39.7 Å². The molecule has 0 aromatic carbocycles. The molecule has 1 aromatic heterocycles. The van der Waals surface area contributed by atoms with Gasteiger partial charge < -0.3 is 10.2 Å². The lowest BCUT2D eigenvalue weighted by molar-refractivity contribution is -0.133. The zero-order valence-corrected chi connectivity index (χ0v) is 16.2. The number of thiophene rings is 1. The molecule has 0 saturated carbocycles. The normalized spacial score (nSPS) is 22.2. The van der Waals surface area contributed by atoms with Crippen molar-refractivity contribution in [3.63, 3.8) is 0 Å². The number of sulfonamides is 1. The van der Waals surface area contributed by atoms with Crippen LogP contribution in [0, 0.1) is 0 Å². The molecule has 2 unspecified atom stereocenters. The van der Waals surface area contributed by atoms with Crippen molar-refractivity contribution in [2.45, 2.75) is 30.1 Å². The van der Waals surface area contributed by atoms with Gasteiger partial charge in [0.2, 0.25) is 5.91 Å². The smallest absolute Gasteiger partial charge is 0.250 e. The van der Waals surface area contributed by atoms with Crippen LogP contribution in [0.4, 0.5) is 0 Å². The van der Waals surface area contributed by atoms with Crippen molar-refractivity contribution in [2.75, 3.05) is 19.6 Å². The zero-order chi connectivity index (χ0) is 15.6. The van der Waals surface area contributed by atoms with Crippen molar-refractivity contribution >= 4 is 55.6 Å². The van der Waals surface area contributed by atoms with E-state index in [4.69, 9.17) is 0 Å². The second kappa shape index (κ2) is 8.07. The number of amides is 1. The lowest BCUT2D eigenvalue weighted by Gasteiger charge is -2.38. The summed E-state index contributed by atoms with van der Waals surface area (Å²) in [5.74, 6) is -0.199. The first-order valence-electron chi connectivity index (χ1n) is 6.59. The average Bonchev–Trinajstić information content (AvgIpc) is 2.87. The van der Waals surface area contributed by atoms with E-state index in [2.05, 4.69) is 26.0 Å². The van der Waals surface area contributed by atoms with E-state index in [1.807, 2.05) is 13.8 Å². The number of piperazine rings is 1. The van der Waals surface area contributed by atoms with Crippen LogP contribution in [0.2, 0.25) is 0 Å². The third-order valence-electron chi connectivity index (χ3n) is 3.58. The molecule has 10 heteroatoms. The number of carbonyl (C=O) groups excluding carboxylic acids is 1. The molecule has 1 amide bonds. The van der Waals surface area contributed by atoms with Gasteiger partial charge in [-0.2, -0.15) is 0 Å². The third kappa shape index (κ3) is 4.65. The van der Waals surface area contributed by atoms with Gasteiger partial charge in [-0.15, -0.1) is 23.7 Å². The molecule has 1 aromatic rings. The second-order valence-corrected chi connectivity index (χ2v) is 9.41. The van der Waals surface area contributed by atoms with E-state index in [9.17, 15) is 13.2 Å². The van der Waals surface area contributed by atoms with Gasteiger partial charge in [0.1, 0.15) is 4.21 Å². The Morgan fingerprint density at radius 1 is 1.50 bits per heavy atom. The number of nitrogens with zero attached hydrogens (tertiary/aromatic N) is 1. The molecule has 1 saturated heterocycles. The van der Waals surface area contributed by atoms with Crippen LogP contribution in [0.3, 0.4) is 0 Å². The molecule has 2 N–H and O–H groups in total. The summed E-state index contributed by atoms with van der Waals surface area (Å²) < 4.78 is 27.5. The topological polar surface area (TPSA) is 78.5 Å². The Bertz CT molecular complexity index is 623. The highest BCUT2D eigenvalue weighted by Crippen LogP contribution is 2.25. The summed E-state index contributed by atoms with van der Waals surface area (Å²) in [5.41, 5.74) is 0. The Morgan fingerprint density at radius 3 is 2.77 bits per heavy atom. The first-order chi connectivity index (χ1) is 9.81. The first kappa shape index (κ1) is 19.9. The molecule has 2 rings (SSSR count). The highest BCUT2D eigenvalue weighted by atomic mass is 79.9. The maximum Gasteiger partial charge on any atom is 0.250 e. The summed E-state index contributed by atoms with van der Waals surface area (Å²) in [7, 11) is -3.63. The molecule has 0 spiro atoms. The monoisotopic (exact) mass is 431 g/mol. The molecule has 1 aliphatic rings. The van der Waals surface area contributed by atoms with Gasteiger partial charge in [0.05, 0.1) is 10.3 Å². The minimum absolute atomic E-state index is 0. The van der Waals surface area contributed by atoms with Crippen molar-refractivity contribution < 1.29 is 13.2 Å². The van der Waals surface area contributed by atoms with E-state index >= 15 is 0 Å². The third-order valence-corrected chi connectivity index (χ3v) is 7.10. The number of carbonyl (C=O) groups is 1. The van der Waals surface area contributed by atoms with Crippen LogP contribution in [-0.4, -0.2) is 50.9 Å². The van der Waals surface area contributed by atoms with Gasteiger partial charge in [-0.1, -0.05) is 0 Å². The van der Waals surface area contributed by atoms with Crippen molar-refractivity contribution in [1.29, 1.82) is 0 Å². The lowest BCUT2D eigenvalue weighted by Crippen LogP contribution is -2.58. The van der Waals surface area contributed by atoms with E-state index in [1.165, 1.54) is 6.07 Å². The summed E-state index contributed by atoms with van der Waals surface area (Å²) in [4.78, 5) is 13.9. The van der Waals surface area contributed by atoms with Crippen molar-refractivity contribution in [1.82, 2.24) is 14.9 Å². The van der Waals surface area contributed by atoms with Gasteiger partial charge in [-0.3, -0.25) is 4.79 Å². The summed E-state index contributed by atoms with van der Waals surface area (Å²) in [6.07, 6.45) is 0. The number of nitrogens with one attached hydrogen (secondary N) is 2. The Kier molecular flexibility index (Phi) is 7.28. The lowest BCUT2D eigenvalue weighted by atomic mass is 10.1. The maximum absolute atomic E-state index is 12.2. The van der Waals surface area contributed by atoms with Crippen LogP contribution in [0.25, 0.3) is 0 Å². The largest absolute Gasteiger partial charge is 0.336 e. The quantitative estimate of drug-likeness (QED) is 0.754. The van der Waals surface area contributed by atoms with Gasteiger partial charge in [0, 0.05) is 25.2 Å². The van der Waals surface area contributed by atoms with Crippen LogP contribution in [-0.2, 0) is 14.8 Å². The SMILES string of the molecule is CC1NCCN(C(=O)CNS(=O)(=O)c2ccc(Br)s2)C1C.Cl. The molecule has 0 bridgehead atoms. The minimum Gasteiger partial charge on any atom is -0.336 e. The van der Waals surface area contributed by atoms with Gasteiger partial charge in [-0.05, 0) is 41.9 Å². The fraction of sp³-hybridized carbons (Fsp3) is 0.583. The van der Waals surface area contributed by atoms with Crippen LogP contribution < -0.4 is 10.0 Å². The van der Waals surface area contributed by atoms with E-state index in [-0.39, 0.29) is 41.2 Å². The number of hydrogen-bond donors (Lipinski definition) is 2. The van der Waals surface area contributed by atoms with Gasteiger partial charge in [-0.25, -0.2) is 13.1 Å². The molecule has 0 radical (unpaired) electrons. The molecule has 6 nitrogen and oxygen atoms in total. The van der Waals surface area contributed by atoms with E-state index in [1.54, 1.807) is 11.0 Å². The predicted octanol–water partition coefficient (Wildman–Crippen LogP) is 1.42. The summed E-state index contributed by atoms with van der Waals surface area (Å²) in [5, 5.41) is 3.28. The molecule has 22 heavy (non-hydrogen) atoms. The van der Waals surface area contributed by atoms with Crippen LogP contribution in [0.15, 0.2) is 20.1 Å². The van der Waals surface area contributed by atoms with Crippen molar-refractivity contribution in [3.8, 4) is 0 Å². The Morgan fingerprint density at radius 2 is 2.18 bits per heavy atom. The number of halogens is 2. The van der Waals surface area contributed by atoms with E-state index in [0.717, 1.165) is 21.7 Å². The van der Waals surface area contributed by atoms with Gasteiger partial charge in [0.25, 0.3) is 10.0 Å². The zero-order valence-electron chi connectivity index (χ0n) is 12.2. The Balaban J connectivity index is 0.00000242. The molecular weight excluding hydrogens is 414 g/mol. The van der Waals surface area contributed by atoms with Crippen LogP contribution in [0.5, 0.6) is 0 Å². The highest BCUT2D eigenvalue weighted by molar-refractivity contribution is 9.11. The van der Waals surface area contributed by atoms with E-state index in [0.29, 0.717) is 6.54 Å². The number of hydrogen-bond acceptors (Lipinski definition) is 5. The molecule has 0 aliphatic carbocycles. The minimum atomic E-state index is -3.63. The average molecular weight is 433 g/mol. The fourth-order valence-electron chi connectivity index (χ4n) is 2.18. The molecule has 126 valence electrons. The van der Waals surface area contributed by atoms with Gasteiger partial charge >= 0.3 is 0 Å². The summed E-state index contributed by atoms with van der Waals surface area (Å²) in [6, 6.07) is 3.43. The predicted molar refractivity (Wildman–Crippen MR) is 93.1 cm³/mol.